The number of hydrogen-bond donors (Lipinski definition) is 2. The van der Waals surface area contributed by atoms with Crippen molar-refractivity contribution in [1.29, 1.82) is 0 Å². The largest absolute Gasteiger partial charge is 0.326 e. The molecule has 0 saturated carbocycles. The van der Waals surface area contributed by atoms with Crippen molar-refractivity contribution in [3.05, 3.63) is 82.4 Å². The highest BCUT2D eigenvalue weighted by atomic mass is 32.1. The first kappa shape index (κ1) is 20.3. The van der Waals surface area contributed by atoms with Gasteiger partial charge in [-0.2, -0.15) is 9.97 Å². The van der Waals surface area contributed by atoms with E-state index in [4.69, 9.17) is 0 Å². The SMILES string of the molecule is Cc1nc(NC(=O)c2ccc(NC(=O)Cc3cccs3)cc2)nc(-c2ccccn2)n1. The summed E-state index contributed by atoms with van der Waals surface area (Å²) in [7, 11) is 0. The molecular formula is C22H18N6O2S. The van der Waals surface area contributed by atoms with E-state index in [1.807, 2.05) is 23.6 Å². The number of pyridine rings is 1. The molecule has 0 bridgehead atoms. The van der Waals surface area contributed by atoms with Crippen molar-refractivity contribution in [2.45, 2.75) is 13.3 Å². The number of nitrogens with one attached hydrogen (secondary N) is 2. The minimum absolute atomic E-state index is 0.109. The molecule has 0 saturated heterocycles. The van der Waals surface area contributed by atoms with Crippen LogP contribution >= 0.6 is 11.3 Å². The molecule has 3 aromatic heterocycles. The van der Waals surface area contributed by atoms with Crippen LogP contribution in [0.5, 0.6) is 0 Å². The number of aryl methyl sites for hydroxylation is 1. The van der Waals surface area contributed by atoms with E-state index in [0.29, 0.717) is 35.0 Å². The molecular weight excluding hydrogens is 412 g/mol. The van der Waals surface area contributed by atoms with Gasteiger partial charge in [0, 0.05) is 22.3 Å². The highest BCUT2D eigenvalue weighted by Gasteiger charge is 2.12. The number of nitrogens with zero attached hydrogens (tertiary/aromatic N) is 4. The summed E-state index contributed by atoms with van der Waals surface area (Å²) in [6.45, 7) is 1.72. The number of anilines is 2. The average Bonchev–Trinajstić information content (AvgIpc) is 3.27. The number of aromatic nitrogens is 4. The fraction of sp³-hybridized carbons (Fsp3) is 0.0909. The number of carbonyl (C=O) groups excluding carboxylic acids is 2. The van der Waals surface area contributed by atoms with Gasteiger partial charge in [0.25, 0.3) is 5.91 Å². The maximum absolute atomic E-state index is 12.6. The van der Waals surface area contributed by atoms with Gasteiger partial charge >= 0.3 is 0 Å². The Kier molecular flexibility index (Phi) is 6.04. The van der Waals surface area contributed by atoms with Gasteiger partial charge in [-0.15, -0.1) is 11.3 Å². The van der Waals surface area contributed by atoms with Gasteiger partial charge in [0.2, 0.25) is 11.9 Å². The fourth-order valence-corrected chi connectivity index (χ4v) is 3.51. The van der Waals surface area contributed by atoms with Crippen LogP contribution in [-0.2, 0) is 11.2 Å². The van der Waals surface area contributed by atoms with E-state index in [1.54, 1.807) is 49.5 Å². The molecule has 2 amide bonds. The molecule has 4 aromatic rings. The Morgan fingerprint density at radius 3 is 2.48 bits per heavy atom. The van der Waals surface area contributed by atoms with Crippen LogP contribution in [-0.4, -0.2) is 31.8 Å². The van der Waals surface area contributed by atoms with Crippen LogP contribution in [0.15, 0.2) is 66.2 Å². The Morgan fingerprint density at radius 1 is 0.935 bits per heavy atom. The first-order valence-electron chi connectivity index (χ1n) is 9.44. The summed E-state index contributed by atoms with van der Waals surface area (Å²) in [4.78, 5) is 42.7. The highest BCUT2D eigenvalue weighted by Crippen LogP contribution is 2.16. The van der Waals surface area contributed by atoms with Crippen molar-refractivity contribution in [2.24, 2.45) is 0 Å². The molecule has 0 fully saturated rings. The Morgan fingerprint density at radius 2 is 1.77 bits per heavy atom. The Labute approximate surface area is 182 Å². The minimum Gasteiger partial charge on any atom is -0.326 e. The van der Waals surface area contributed by atoms with Gasteiger partial charge in [-0.1, -0.05) is 12.1 Å². The number of rotatable bonds is 6. The van der Waals surface area contributed by atoms with E-state index >= 15 is 0 Å². The van der Waals surface area contributed by atoms with Crippen molar-refractivity contribution in [2.75, 3.05) is 10.6 Å². The minimum atomic E-state index is -0.367. The normalized spacial score (nSPS) is 10.5. The fourth-order valence-electron chi connectivity index (χ4n) is 2.80. The molecule has 0 aliphatic heterocycles. The molecule has 0 radical (unpaired) electrons. The number of thiophene rings is 1. The lowest BCUT2D eigenvalue weighted by Gasteiger charge is -2.08. The lowest BCUT2D eigenvalue weighted by molar-refractivity contribution is -0.115. The summed E-state index contributed by atoms with van der Waals surface area (Å²) in [6.07, 6.45) is 1.96. The summed E-state index contributed by atoms with van der Waals surface area (Å²) in [6, 6.07) is 15.9. The second kappa shape index (κ2) is 9.23. The van der Waals surface area contributed by atoms with Crippen LogP contribution < -0.4 is 10.6 Å². The number of hydrogen-bond acceptors (Lipinski definition) is 7. The Hall–Kier alpha value is -3.98. The second-order valence-electron chi connectivity index (χ2n) is 6.58. The molecule has 0 unspecified atom stereocenters. The predicted molar refractivity (Wildman–Crippen MR) is 119 cm³/mol. The van der Waals surface area contributed by atoms with Crippen LogP contribution in [0.3, 0.4) is 0 Å². The van der Waals surface area contributed by atoms with Crippen molar-refractivity contribution in [3.8, 4) is 11.5 Å². The zero-order valence-corrected chi connectivity index (χ0v) is 17.4. The number of amides is 2. The van der Waals surface area contributed by atoms with Crippen LogP contribution in [0.1, 0.15) is 21.1 Å². The van der Waals surface area contributed by atoms with Crippen molar-refractivity contribution < 1.29 is 9.59 Å². The Bertz CT molecular complexity index is 1190. The summed E-state index contributed by atoms with van der Waals surface area (Å²) < 4.78 is 0. The van der Waals surface area contributed by atoms with Gasteiger partial charge in [-0.05, 0) is 54.8 Å². The molecule has 1 aromatic carbocycles. The zero-order chi connectivity index (χ0) is 21.6. The third-order valence-corrected chi connectivity index (χ3v) is 5.09. The lowest BCUT2D eigenvalue weighted by Crippen LogP contribution is -2.16. The van der Waals surface area contributed by atoms with Crippen LogP contribution in [0.4, 0.5) is 11.6 Å². The predicted octanol–water partition coefficient (Wildman–Crippen LogP) is 3.74. The Balaban J connectivity index is 1.42. The van der Waals surface area contributed by atoms with E-state index < -0.39 is 0 Å². The van der Waals surface area contributed by atoms with Gasteiger partial charge in [0.1, 0.15) is 11.5 Å². The number of benzene rings is 1. The second-order valence-corrected chi connectivity index (χ2v) is 7.61. The van der Waals surface area contributed by atoms with Gasteiger partial charge in [0.15, 0.2) is 5.82 Å². The molecule has 0 atom stereocenters. The molecule has 0 spiro atoms. The van der Waals surface area contributed by atoms with Crippen molar-refractivity contribution in [1.82, 2.24) is 19.9 Å². The summed E-state index contributed by atoms with van der Waals surface area (Å²) in [5.74, 6) is 0.518. The zero-order valence-electron chi connectivity index (χ0n) is 16.6. The maximum atomic E-state index is 12.6. The quantitative estimate of drug-likeness (QED) is 0.482. The average molecular weight is 430 g/mol. The lowest BCUT2D eigenvalue weighted by atomic mass is 10.2. The van der Waals surface area contributed by atoms with Gasteiger partial charge in [-0.25, -0.2) is 4.98 Å². The van der Waals surface area contributed by atoms with Gasteiger partial charge in [0.05, 0.1) is 6.42 Å². The first-order valence-corrected chi connectivity index (χ1v) is 10.3. The maximum Gasteiger partial charge on any atom is 0.258 e. The molecule has 2 N–H and O–H groups in total. The topological polar surface area (TPSA) is 110 Å². The summed E-state index contributed by atoms with van der Waals surface area (Å²) in [5, 5.41) is 7.44. The molecule has 0 aliphatic carbocycles. The van der Waals surface area contributed by atoms with E-state index in [1.165, 1.54) is 11.3 Å². The summed E-state index contributed by atoms with van der Waals surface area (Å²) in [5.41, 5.74) is 1.62. The molecule has 0 aliphatic rings. The highest BCUT2D eigenvalue weighted by molar-refractivity contribution is 7.10. The molecule has 9 heteroatoms. The molecule has 31 heavy (non-hydrogen) atoms. The molecule has 4 rings (SSSR count). The standard InChI is InChI=1S/C22H18N6O2S/c1-14-24-20(18-6-2-3-11-23-18)27-22(25-14)28-21(30)15-7-9-16(10-8-15)26-19(29)13-17-5-4-12-31-17/h2-12H,13H2,1H3,(H,26,29)(H,24,25,27,28,30). The monoisotopic (exact) mass is 430 g/mol. The summed E-state index contributed by atoms with van der Waals surface area (Å²) >= 11 is 1.54. The van der Waals surface area contributed by atoms with Gasteiger partial charge < -0.3 is 5.32 Å². The van der Waals surface area contributed by atoms with Crippen molar-refractivity contribution >= 4 is 34.8 Å². The van der Waals surface area contributed by atoms with Crippen molar-refractivity contribution in [3.63, 3.8) is 0 Å². The number of carbonyl (C=O) groups is 2. The van der Waals surface area contributed by atoms with Crippen LogP contribution in [0.2, 0.25) is 0 Å². The van der Waals surface area contributed by atoms with E-state index in [2.05, 4.69) is 30.6 Å². The van der Waals surface area contributed by atoms with E-state index in [0.717, 1.165) is 4.88 Å². The van der Waals surface area contributed by atoms with Crippen LogP contribution in [0, 0.1) is 6.92 Å². The first-order chi connectivity index (χ1) is 15.1. The third kappa shape index (κ3) is 5.34. The van der Waals surface area contributed by atoms with Crippen LogP contribution in [0.25, 0.3) is 11.5 Å². The molecule has 8 nitrogen and oxygen atoms in total. The molecule has 154 valence electrons. The smallest absolute Gasteiger partial charge is 0.258 e. The van der Waals surface area contributed by atoms with Gasteiger partial charge in [-0.3, -0.25) is 19.9 Å². The van der Waals surface area contributed by atoms with E-state index in [9.17, 15) is 9.59 Å². The third-order valence-electron chi connectivity index (χ3n) is 4.21. The van der Waals surface area contributed by atoms with E-state index in [-0.39, 0.29) is 17.8 Å². The molecule has 3 heterocycles.